The zero-order valence-corrected chi connectivity index (χ0v) is 11.8. The molecule has 1 amide bonds. The van der Waals surface area contributed by atoms with E-state index < -0.39 is 0 Å². The summed E-state index contributed by atoms with van der Waals surface area (Å²) >= 11 is 0. The van der Waals surface area contributed by atoms with Gasteiger partial charge in [0.15, 0.2) is 5.75 Å². The molecule has 0 fully saturated rings. The van der Waals surface area contributed by atoms with Gasteiger partial charge in [0.05, 0.1) is 11.9 Å². The number of carbonyl (C=O) groups is 1. The van der Waals surface area contributed by atoms with Crippen LogP contribution in [0.1, 0.15) is 16.1 Å². The van der Waals surface area contributed by atoms with Crippen molar-refractivity contribution in [3.8, 4) is 11.5 Å². The molecular formula is C15H17N3O2. The molecular weight excluding hydrogens is 254 g/mol. The molecule has 0 saturated carbocycles. The van der Waals surface area contributed by atoms with Gasteiger partial charge in [0.25, 0.3) is 5.91 Å². The Balaban J connectivity index is 2.29. The number of aryl methyl sites for hydroxylation is 1. The van der Waals surface area contributed by atoms with Crippen molar-refractivity contribution in [3.05, 3.63) is 47.8 Å². The SMILES string of the molecule is Cc1ccc(Oc2cc(C(=O)N(C)C)ccc2N)cn1. The number of pyridine rings is 1. The van der Waals surface area contributed by atoms with Gasteiger partial charge >= 0.3 is 0 Å². The fourth-order valence-electron chi connectivity index (χ4n) is 1.66. The molecule has 1 aromatic carbocycles. The third kappa shape index (κ3) is 3.06. The smallest absolute Gasteiger partial charge is 0.253 e. The van der Waals surface area contributed by atoms with Gasteiger partial charge in [-0.15, -0.1) is 0 Å². The molecule has 0 aliphatic rings. The second-order valence-electron chi connectivity index (χ2n) is 4.69. The summed E-state index contributed by atoms with van der Waals surface area (Å²) in [6, 6.07) is 8.63. The van der Waals surface area contributed by atoms with Gasteiger partial charge in [-0.25, -0.2) is 0 Å². The quantitative estimate of drug-likeness (QED) is 0.871. The van der Waals surface area contributed by atoms with E-state index in [4.69, 9.17) is 10.5 Å². The minimum absolute atomic E-state index is 0.100. The van der Waals surface area contributed by atoms with Crippen molar-refractivity contribution < 1.29 is 9.53 Å². The Bertz CT molecular complexity index is 622. The normalized spacial score (nSPS) is 10.2. The molecule has 2 rings (SSSR count). The van der Waals surface area contributed by atoms with Crippen molar-refractivity contribution in [2.45, 2.75) is 6.92 Å². The van der Waals surface area contributed by atoms with Crippen LogP contribution in [0.5, 0.6) is 11.5 Å². The summed E-state index contributed by atoms with van der Waals surface area (Å²) in [4.78, 5) is 17.6. The Morgan fingerprint density at radius 2 is 2.00 bits per heavy atom. The molecule has 20 heavy (non-hydrogen) atoms. The van der Waals surface area contributed by atoms with Gasteiger partial charge in [0.1, 0.15) is 5.75 Å². The predicted octanol–water partition coefficient (Wildman–Crippen LogP) is 2.47. The number of hydrogen-bond acceptors (Lipinski definition) is 4. The highest BCUT2D eigenvalue weighted by Gasteiger charge is 2.11. The molecule has 0 unspecified atom stereocenters. The van der Waals surface area contributed by atoms with E-state index in [1.807, 2.05) is 19.1 Å². The van der Waals surface area contributed by atoms with Crippen molar-refractivity contribution in [2.24, 2.45) is 0 Å². The van der Waals surface area contributed by atoms with E-state index in [1.165, 1.54) is 4.90 Å². The second-order valence-corrected chi connectivity index (χ2v) is 4.69. The fraction of sp³-hybridized carbons (Fsp3) is 0.200. The molecule has 1 aromatic heterocycles. The predicted molar refractivity (Wildman–Crippen MR) is 77.9 cm³/mol. The zero-order chi connectivity index (χ0) is 14.7. The van der Waals surface area contributed by atoms with E-state index in [1.54, 1.807) is 38.5 Å². The summed E-state index contributed by atoms with van der Waals surface area (Å²) in [7, 11) is 3.40. The van der Waals surface area contributed by atoms with E-state index in [0.29, 0.717) is 22.7 Å². The number of hydrogen-bond donors (Lipinski definition) is 1. The van der Waals surface area contributed by atoms with Gasteiger partial charge in [-0.1, -0.05) is 0 Å². The number of anilines is 1. The Kier molecular flexibility index (Phi) is 3.89. The minimum atomic E-state index is -0.100. The maximum Gasteiger partial charge on any atom is 0.253 e. The molecule has 0 spiro atoms. The van der Waals surface area contributed by atoms with Crippen molar-refractivity contribution in [2.75, 3.05) is 19.8 Å². The summed E-state index contributed by atoms with van der Waals surface area (Å²) in [6.45, 7) is 1.90. The van der Waals surface area contributed by atoms with Crippen molar-refractivity contribution in [1.82, 2.24) is 9.88 Å². The highest BCUT2D eigenvalue weighted by atomic mass is 16.5. The van der Waals surface area contributed by atoms with Crippen molar-refractivity contribution >= 4 is 11.6 Å². The average Bonchev–Trinajstić information content (AvgIpc) is 2.43. The molecule has 5 heteroatoms. The Labute approximate surface area is 118 Å². The highest BCUT2D eigenvalue weighted by molar-refractivity contribution is 5.94. The maximum absolute atomic E-state index is 11.9. The van der Waals surface area contributed by atoms with Crippen LogP contribution in [-0.2, 0) is 0 Å². The number of amides is 1. The molecule has 5 nitrogen and oxygen atoms in total. The van der Waals surface area contributed by atoms with Crippen LogP contribution >= 0.6 is 0 Å². The van der Waals surface area contributed by atoms with Crippen LogP contribution in [0.3, 0.4) is 0 Å². The highest BCUT2D eigenvalue weighted by Crippen LogP contribution is 2.28. The van der Waals surface area contributed by atoms with Gasteiger partial charge in [-0.3, -0.25) is 9.78 Å². The van der Waals surface area contributed by atoms with E-state index in [9.17, 15) is 4.79 Å². The van der Waals surface area contributed by atoms with Gasteiger partial charge in [-0.05, 0) is 37.3 Å². The molecule has 0 aliphatic heterocycles. The third-order valence-electron chi connectivity index (χ3n) is 2.78. The molecule has 0 atom stereocenters. The number of benzene rings is 1. The largest absolute Gasteiger partial charge is 0.454 e. The zero-order valence-electron chi connectivity index (χ0n) is 11.8. The topological polar surface area (TPSA) is 68.5 Å². The Morgan fingerprint density at radius 1 is 1.25 bits per heavy atom. The van der Waals surface area contributed by atoms with E-state index in [0.717, 1.165) is 5.69 Å². The minimum Gasteiger partial charge on any atom is -0.454 e. The monoisotopic (exact) mass is 271 g/mol. The lowest BCUT2D eigenvalue weighted by atomic mass is 10.1. The molecule has 2 aromatic rings. The number of carbonyl (C=O) groups excluding carboxylic acids is 1. The summed E-state index contributed by atoms with van der Waals surface area (Å²) in [5, 5.41) is 0. The Hall–Kier alpha value is -2.56. The number of ether oxygens (including phenoxy) is 1. The van der Waals surface area contributed by atoms with Gasteiger partial charge in [0.2, 0.25) is 0 Å². The molecule has 0 bridgehead atoms. The summed E-state index contributed by atoms with van der Waals surface area (Å²) in [5.41, 5.74) is 7.78. The van der Waals surface area contributed by atoms with Crippen LogP contribution in [0.4, 0.5) is 5.69 Å². The molecule has 104 valence electrons. The number of aromatic nitrogens is 1. The summed E-state index contributed by atoms with van der Waals surface area (Å²) < 4.78 is 5.68. The first kappa shape index (κ1) is 13.9. The van der Waals surface area contributed by atoms with Gasteiger partial charge < -0.3 is 15.4 Å². The third-order valence-corrected chi connectivity index (χ3v) is 2.78. The number of nitrogen functional groups attached to an aromatic ring is 1. The van der Waals surface area contributed by atoms with Crippen LogP contribution in [0.2, 0.25) is 0 Å². The number of nitrogens with zero attached hydrogens (tertiary/aromatic N) is 2. The molecule has 2 N–H and O–H groups in total. The average molecular weight is 271 g/mol. The second kappa shape index (κ2) is 5.61. The number of nitrogens with two attached hydrogens (primary N) is 1. The Morgan fingerprint density at radius 3 is 2.60 bits per heavy atom. The van der Waals surface area contributed by atoms with Crippen molar-refractivity contribution in [1.29, 1.82) is 0 Å². The van der Waals surface area contributed by atoms with E-state index >= 15 is 0 Å². The first-order valence-corrected chi connectivity index (χ1v) is 6.19. The van der Waals surface area contributed by atoms with Crippen LogP contribution in [-0.4, -0.2) is 29.9 Å². The van der Waals surface area contributed by atoms with E-state index in [-0.39, 0.29) is 5.91 Å². The first-order valence-electron chi connectivity index (χ1n) is 6.19. The summed E-state index contributed by atoms with van der Waals surface area (Å²) in [5.74, 6) is 0.928. The van der Waals surface area contributed by atoms with E-state index in [2.05, 4.69) is 4.98 Å². The van der Waals surface area contributed by atoms with Crippen LogP contribution < -0.4 is 10.5 Å². The lowest BCUT2D eigenvalue weighted by Crippen LogP contribution is -2.21. The van der Waals surface area contributed by atoms with Gasteiger partial charge in [0, 0.05) is 25.4 Å². The van der Waals surface area contributed by atoms with Crippen LogP contribution in [0.25, 0.3) is 0 Å². The van der Waals surface area contributed by atoms with Crippen molar-refractivity contribution in [3.63, 3.8) is 0 Å². The molecule has 0 saturated heterocycles. The first-order chi connectivity index (χ1) is 9.47. The maximum atomic E-state index is 11.9. The molecule has 0 aliphatic carbocycles. The molecule has 1 heterocycles. The van der Waals surface area contributed by atoms with Crippen LogP contribution in [0.15, 0.2) is 36.5 Å². The standard InChI is InChI=1S/C15H17N3O2/c1-10-4-6-12(9-17-10)20-14-8-11(5-7-13(14)16)15(19)18(2)3/h4-9H,16H2,1-3H3. The molecule has 0 radical (unpaired) electrons. The fourth-order valence-corrected chi connectivity index (χ4v) is 1.66. The van der Waals surface area contributed by atoms with Gasteiger partial charge in [-0.2, -0.15) is 0 Å². The summed E-state index contributed by atoms with van der Waals surface area (Å²) in [6.07, 6.45) is 1.62. The van der Waals surface area contributed by atoms with Crippen LogP contribution in [0, 0.1) is 6.92 Å². The lowest BCUT2D eigenvalue weighted by molar-refractivity contribution is 0.0827. The lowest BCUT2D eigenvalue weighted by Gasteiger charge is -2.13. The number of rotatable bonds is 3.